The first-order valence-electron chi connectivity index (χ1n) is 6.40. The second-order valence-electron chi connectivity index (χ2n) is 5.02. The maximum atomic E-state index is 6.30. The van der Waals surface area contributed by atoms with E-state index in [0.29, 0.717) is 5.02 Å². The van der Waals surface area contributed by atoms with Crippen LogP contribution in [0.3, 0.4) is 0 Å². The highest BCUT2D eigenvalue weighted by atomic mass is 79.9. The number of nitrogens with one attached hydrogen (secondary N) is 1. The molecule has 1 aromatic carbocycles. The van der Waals surface area contributed by atoms with Crippen LogP contribution in [-0.4, -0.2) is 9.78 Å². The number of hydrogen-bond acceptors (Lipinski definition) is 3. The van der Waals surface area contributed by atoms with Crippen LogP contribution in [0, 0.1) is 6.92 Å². The smallest absolute Gasteiger partial charge is 0.0893 e. The maximum absolute atomic E-state index is 6.30. The quantitative estimate of drug-likeness (QED) is 0.647. The lowest BCUT2D eigenvalue weighted by Crippen LogP contribution is -2.31. The first kappa shape index (κ1) is 15.5. The van der Waals surface area contributed by atoms with Gasteiger partial charge in [0.05, 0.1) is 23.0 Å². The van der Waals surface area contributed by atoms with E-state index in [9.17, 15) is 0 Å². The average molecular weight is 358 g/mol. The molecule has 0 radical (unpaired) electrons. The van der Waals surface area contributed by atoms with Gasteiger partial charge in [-0.05, 0) is 38.0 Å². The van der Waals surface area contributed by atoms with Crippen LogP contribution >= 0.6 is 27.5 Å². The average Bonchev–Trinajstić information content (AvgIpc) is 2.77. The molecule has 0 amide bonds. The van der Waals surface area contributed by atoms with Crippen molar-refractivity contribution in [1.29, 1.82) is 0 Å². The number of nitrogens with two attached hydrogens (primary N) is 1. The van der Waals surface area contributed by atoms with Crippen LogP contribution < -0.4 is 11.3 Å². The molecule has 1 aromatic heterocycles. The van der Waals surface area contributed by atoms with Crippen LogP contribution in [0.25, 0.3) is 0 Å². The van der Waals surface area contributed by atoms with Crippen molar-refractivity contribution in [1.82, 2.24) is 15.2 Å². The van der Waals surface area contributed by atoms with Crippen LogP contribution in [0.1, 0.15) is 42.8 Å². The Hall–Kier alpha value is -0.880. The number of aromatic nitrogens is 2. The summed E-state index contributed by atoms with van der Waals surface area (Å²) in [5, 5.41) is 4.94. The molecule has 2 aromatic rings. The van der Waals surface area contributed by atoms with Crippen molar-refractivity contribution in [2.75, 3.05) is 0 Å². The fourth-order valence-electron chi connectivity index (χ4n) is 2.21. The van der Waals surface area contributed by atoms with Gasteiger partial charge in [-0.2, -0.15) is 5.10 Å². The topological polar surface area (TPSA) is 55.9 Å². The molecule has 20 heavy (non-hydrogen) atoms. The molecule has 0 aliphatic rings. The summed E-state index contributed by atoms with van der Waals surface area (Å²) in [6.07, 6.45) is 1.66. The molecule has 0 saturated heterocycles. The van der Waals surface area contributed by atoms with Crippen molar-refractivity contribution in [3.63, 3.8) is 0 Å². The van der Waals surface area contributed by atoms with Crippen LogP contribution in [0.4, 0.5) is 0 Å². The molecule has 3 N–H and O–H groups in total. The van der Waals surface area contributed by atoms with Crippen LogP contribution in [0.2, 0.25) is 5.02 Å². The lowest BCUT2D eigenvalue weighted by Gasteiger charge is -2.21. The number of hydrogen-bond donors (Lipinski definition) is 2. The predicted octanol–water partition coefficient (Wildman–Crippen LogP) is 3.74. The molecule has 4 nitrogen and oxygen atoms in total. The summed E-state index contributed by atoms with van der Waals surface area (Å²) in [7, 11) is 0. The Morgan fingerprint density at radius 2 is 2.10 bits per heavy atom. The lowest BCUT2D eigenvalue weighted by molar-refractivity contribution is 0.476. The third-order valence-electron chi connectivity index (χ3n) is 3.23. The second kappa shape index (κ2) is 6.26. The molecule has 1 atom stereocenters. The number of benzene rings is 1. The monoisotopic (exact) mass is 356 g/mol. The van der Waals surface area contributed by atoms with Gasteiger partial charge in [0.15, 0.2) is 0 Å². The van der Waals surface area contributed by atoms with Crippen molar-refractivity contribution >= 4 is 27.5 Å². The van der Waals surface area contributed by atoms with Crippen molar-refractivity contribution in [2.24, 2.45) is 5.84 Å². The predicted molar refractivity (Wildman–Crippen MR) is 85.7 cm³/mol. The molecule has 1 unspecified atom stereocenters. The van der Waals surface area contributed by atoms with E-state index >= 15 is 0 Å². The molecular formula is C14H18BrClN4. The van der Waals surface area contributed by atoms with E-state index in [2.05, 4.69) is 46.4 Å². The normalized spacial score (nSPS) is 12.9. The number of hydrazine groups is 1. The summed E-state index contributed by atoms with van der Waals surface area (Å²) in [5.74, 6) is 5.76. The minimum Gasteiger partial charge on any atom is -0.271 e. The van der Waals surface area contributed by atoms with E-state index in [1.807, 2.05) is 23.7 Å². The Bertz CT molecular complexity index is 609. The van der Waals surface area contributed by atoms with E-state index in [-0.39, 0.29) is 12.1 Å². The highest BCUT2D eigenvalue weighted by Crippen LogP contribution is 2.31. The van der Waals surface area contributed by atoms with Gasteiger partial charge in [-0.15, -0.1) is 0 Å². The van der Waals surface area contributed by atoms with Gasteiger partial charge in [-0.25, -0.2) is 5.43 Å². The molecule has 2 rings (SSSR count). The van der Waals surface area contributed by atoms with Gasteiger partial charge in [0.1, 0.15) is 0 Å². The minimum absolute atomic E-state index is 0.195. The molecule has 1 heterocycles. The number of aryl methyl sites for hydroxylation is 1. The highest BCUT2D eigenvalue weighted by Gasteiger charge is 2.22. The minimum atomic E-state index is -0.195. The van der Waals surface area contributed by atoms with Gasteiger partial charge in [-0.3, -0.25) is 10.5 Å². The Kier molecular flexibility index (Phi) is 4.86. The number of nitrogens with zero attached hydrogens (tertiary/aromatic N) is 2. The Labute approximate surface area is 132 Å². The fourth-order valence-corrected chi connectivity index (χ4v) is 2.70. The molecule has 0 bridgehead atoms. The zero-order valence-corrected chi connectivity index (χ0v) is 14.0. The molecule has 0 spiro atoms. The van der Waals surface area contributed by atoms with E-state index in [1.165, 1.54) is 0 Å². The molecule has 0 aliphatic carbocycles. The molecule has 0 fully saturated rings. The molecule has 6 heteroatoms. The standard InChI is InChI=1S/C14H18BrClN4/c1-8(2)20-14(12(16)7-18-20)13(19-17)10-4-5-11(15)9(3)6-10/h4-8,13,19H,17H2,1-3H3. The van der Waals surface area contributed by atoms with Crippen molar-refractivity contribution in [3.05, 3.63) is 50.7 Å². The molecular weight excluding hydrogens is 340 g/mol. The Balaban J connectivity index is 2.52. The van der Waals surface area contributed by atoms with Crippen molar-refractivity contribution in [3.8, 4) is 0 Å². The summed E-state index contributed by atoms with van der Waals surface area (Å²) in [5.41, 5.74) is 5.92. The van der Waals surface area contributed by atoms with E-state index < -0.39 is 0 Å². The highest BCUT2D eigenvalue weighted by molar-refractivity contribution is 9.10. The summed E-state index contributed by atoms with van der Waals surface area (Å²) in [4.78, 5) is 0. The van der Waals surface area contributed by atoms with Crippen LogP contribution in [0.5, 0.6) is 0 Å². The first-order chi connectivity index (χ1) is 9.45. The Morgan fingerprint density at radius 3 is 2.65 bits per heavy atom. The second-order valence-corrected chi connectivity index (χ2v) is 6.29. The Morgan fingerprint density at radius 1 is 1.40 bits per heavy atom. The zero-order valence-electron chi connectivity index (χ0n) is 11.7. The number of halogens is 2. The van der Waals surface area contributed by atoms with Gasteiger partial charge in [-0.1, -0.05) is 39.7 Å². The van der Waals surface area contributed by atoms with Crippen molar-refractivity contribution in [2.45, 2.75) is 32.9 Å². The summed E-state index contributed by atoms with van der Waals surface area (Å²) in [6, 6.07) is 6.14. The van der Waals surface area contributed by atoms with Gasteiger partial charge < -0.3 is 0 Å². The number of rotatable bonds is 4. The summed E-state index contributed by atoms with van der Waals surface area (Å²) in [6.45, 7) is 6.17. The fraction of sp³-hybridized carbons (Fsp3) is 0.357. The van der Waals surface area contributed by atoms with Gasteiger partial charge in [0.2, 0.25) is 0 Å². The van der Waals surface area contributed by atoms with E-state index in [0.717, 1.165) is 21.3 Å². The molecule has 0 saturated carbocycles. The molecule has 0 aliphatic heterocycles. The maximum Gasteiger partial charge on any atom is 0.0893 e. The third kappa shape index (κ3) is 2.91. The van der Waals surface area contributed by atoms with Gasteiger partial charge >= 0.3 is 0 Å². The zero-order chi connectivity index (χ0) is 14.9. The van der Waals surface area contributed by atoms with E-state index in [4.69, 9.17) is 17.4 Å². The van der Waals surface area contributed by atoms with Gasteiger partial charge in [0, 0.05) is 10.5 Å². The van der Waals surface area contributed by atoms with Crippen LogP contribution in [-0.2, 0) is 0 Å². The van der Waals surface area contributed by atoms with Gasteiger partial charge in [0.25, 0.3) is 0 Å². The first-order valence-corrected chi connectivity index (χ1v) is 7.58. The largest absolute Gasteiger partial charge is 0.271 e. The third-order valence-corrected chi connectivity index (χ3v) is 4.41. The van der Waals surface area contributed by atoms with Crippen molar-refractivity contribution < 1.29 is 0 Å². The van der Waals surface area contributed by atoms with E-state index in [1.54, 1.807) is 6.20 Å². The molecule has 108 valence electrons. The SMILES string of the molecule is Cc1cc(C(NN)c2c(Cl)cnn2C(C)C)ccc1Br. The summed E-state index contributed by atoms with van der Waals surface area (Å²) < 4.78 is 2.96. The summed E-state index contributed by atoms with van der Waals surface area (Å²) >= 11 is 9.80. The lowest BCUT2D eigenvalue weighted by atomic mass is 10.0. The van der Waals surface area contributed by atoms with Crippen LogP contribution in [0.15, 0.2) is 28.9 Å².